The molecule has 1 N–H and O–H groups in total. The van der Waals surface area contributed by atoms with Gasteiger partial charge in [-0.1, -0.05) is 43.3 Å². The lowest BCUT2D eigenvalue weighted by molar-refractivity contribution is -0.136. The van der Waals surface area contributed by atoms with E-state index in [1.165, 1.54) is 0 Å². The normalized spacial score (nSPS) is 9.00. The summed E-state index contributed by atoms with van der Waals surface area (Å²) in [6.07, 6.45) is 2.03. The van der Waals surface area contributed by atoms with Crippen LogP contribution >= 0.6 is 0 Å². The summed E-state index contributed by atoms with van der Waals surface area (Å²) >= 11 is 0. The molecule has 0 unspecified atom stereocenters. The fraction of sp³-hybridized carbons (Fsp3) is 0.143. The maximum atomic E-state index is 9.37. The molecule has 1 heterocycles. The minimum Gasteiger partial charge on any atom is -0.481 e. The molecule has 2 aromatic rings. The van der Waals surface area contributed by atoms with Crippen molar-refractivity contribution >= 4 is 5.97 Å². The van der Waals surface area contributed by atoms with E-state index in [4.69, 9.17) is 5.11 Å². The van der Waals surface area contributed by atoms with Gasteiger partial charge in [-0.15, -0.1) is 0 Å². The average molecular weight is 229 g/mol. The standard InChI is InChI=1S/C11H9N.C3H6O2/c1-2-6-10(7-3-1)11-8-4-5-9-12-11;1-2-3(4)5/h1-9H;2H2,1H3,(H,4,5). The van der Waals surface area contributed by atoms with Crippen LogP contribution in [0.1, 0.15) is 13.3 Å². The molecule has 0 amide bonds. The third-order valence-electron chi connectivity index (χ3n) is 2.04. The maximum absolute atomic E-state index is 9.37. The molecule has 0 aliphatic carbocycles. The molecule has 0 fully saturated rings. The molecule has 0 saturated heterocycles. The first-order valence-corrected chi connectivity index (χ1v) is 5.42. The van der Waals surface area contributed by atoms with Gasteiger partial charge in [0.2, 0.25) is 0 Å². The van der Waals surface area contributed by atoms with Gasteiger partial charge in [0.25, 0.3) is 0 Å². The van der Waals surface area contributed by atoms with Gasteiger partial charge in [-0.3, -0.25) is 9.78 Å². The molecule has 3 heteroatoms. The summed E-state index contributed by atoms with van der Waals surface area (Å²) < 4.78 is 0. The number of aliphatic carboxylic acids is 1. The first-order chi connectivity index (χ1) is 8.24. The van der Waals surface area contributed by atoms with E-state index in [0.29, 0.717) is 0 Å². The number of carboxylic acid groups (broad SMARTS) is 1. The van der Waals surface area contributed by atoms with Gasteiger partial charge in [0.15, 0.2) is 0 Å². The van der Waals surface area contributed by atoms with E-state index < -0.39 is 5.97 Å². The Morgan fingerprint density at radius 2 is 1.71 bits per heavy atom. The van der Waals surface area contributed by atoms with Gasteiger partial charge in [0.1, 0.15) is 0 Å². The van der Waals surface area contributed by atoms with Crippen LogP contribution < -0.4 is 0 Å². The van der Waals surface area contributed by atoms with Crippen molar-refractivity contribution < 1.29 is 9.90 Å². The monoisotopic (exact) mass is 229 g/mol. The molecule has 0 atom stereocenters. The number of aromatic nitrogens is 1. The zero-order chi connectivity index (χ0) is 12.5. The molecule has 3 nitrogen and oxygen atoms in total. The number of carbonyl (C=O) groups is 1. The van der Waals surface area contributed by atoms with E-state index in [0.717, 1.165) is 11.3 Å². The Bertz CT molecular complexity index is 403. The molecule has 0 bridgehead atoms. The number of rotatable bonds is 2. The SMILES string of the molecule is CCC(=O)O.c1ccc(-c2ccccn2)cc1. The molecule has 0 radical (unpaired) electrons. The largest absolute Gasteiger partial charge is 0.481 e. The van der Waals surface area contributed by atoms with Crippen molar-refractivity contribution in [2.24, 2.45) is 0 Å². The van der Waals surface area contributed by atoms with Gasteiger partial charge >= 0.3 is 5.97 Å². The maximum Gasteiger partial charge on any atom is 0.303 e. The van der Waals surface area contributed by atoms with Gasteiger partial charge in [-0.25, -0.2) is 0 Å². The lowest BCUT2D eigenvalue weighted by Gasteiger charge is -1.97. The third-order valence-corrected chi connectivity index (χ3v) is 2.04. The zero-order valence-corrected chi connectivity index (χ0v) is 9.71. The Morgan fingerprint density at radius 1 is 1.12 bits per heavy atom. The van der Waals surface area contributed by atoms with Crippen LogP contribution in [0.25, 0.3) is 11.3 Å². The first-order valence-electron chi connectivity index (χ1n) is 5.42. The van der Waals surface area contributed by atoms with Crippen LogP contribution in [-0.4, -0.2) is 16.1 Å². The van der Waals surface area contributed by atoms with Crippen LogP contribution in [0.4, 0.5) is 0 Å². The lowest BCUT2D eigenvalue weighted by atomic mass is 10.1. The molecule has 1 aromatic heterocycles. The summed E-state index contributed by atoms with van der Waals surface area (Å²) in [5.41, 5.74) is 2.19. The minimum atomic E-state index is -0.745. The molecule has 88 valence electrons. The van der Waals surface area contributed by atoms with Crippen LogP contribution in [0, 0.1) is 0 Å². The number of carboxylic acids is 1. The summed E-state index contributed by atoms with van der Waals surface area (Å²) in [6, 6.07) is 16.1. The zero-order valence-electron chi connectivity index (χ0n) is 9.71. The third kappa shape index (κ3) is 4.93. The van der Waals surface area contributed by atoms with Gasteiger partial charge in [0.05, 0.1) is 5.69 Å². The molecule has 2 rings (SSSR count). The van der Waals surface area contributed by atoms with E-state index in [-0.39, 0.29) is 6.42 Å². The summed E-state index contributed by atoms with van der Waals surface area (Å²) in [5, 5.41) is 7.72. The Labute approximate surface area is 101 Å². The summed E-state index contributed by atoms with van der Waals surface area (Å²) in [5.74, 6) is -0.745. The lowest BCUT2D eigenvalue weighted by Crippen LogP contribution is -1.86. The van der Waals surface area contributed by atoms with Crippen molar-refractivity contribution in [1.82, 2.24) is 4.98 Å². The van der Waals surface area contributed by atoms with Gasteiger partial charge in [0, 0.05) is 18.2 Å². The van der Waals surface area contributed by atoms with E-state index in [1.807, 2.05) is 42.6 Å². The topological polar surface area (TPSA) is 50.2 Å². The Kier molecular flexibility index (Phi) is 5.44. The summed E-state index contributed by atoms with van der Waals surface area (Å²) in [4.78, 5) is 13.6. The Morgan fingerprint density at radius 3 is 2.18 bits per heavy atom. The van der Waals surface area contributed by atoms with Gasteiger partial charge in [-0.2, -0.15) is 0 Å². The number of pyridine rings is 1. The van der Waals surface area contributed by atoms with Crippen molar-refractivity contribution in [2.45, 2.75) is 13.3 Å². The molecular formula is C14H15NO2. The Hall–Kier alpha value is -2.16. The first kappa shape index (κ1) is 12.9. The van der Waals surface area contributed by atoms with Gasteiger partial charge in [-0.05, 0) is 12.1 Å². The van der Waals surface area contributed by atoms with Gasteiger partial charge < -0.3 is 5.11 Å². The fourth-order valence-corrected chi connectivity index (χ4v) is 1.14. The van der Waals surface area contributed by atoms with Crippen LogP contribution in [-0.2, 0) is 4.79 Å². The van der Waals surface area contributed by atoms with Crippen LogP contribution in [0.15, 0.2) is 54.7 Å². The molecule has 0 aliphatic rings. The predicted octanol–water partition coefficient (Wildman–Crippen LogP) is 3.23. The molecule has 0 spiro atoms. The second-order valence-corrected chi connectivity index (χ2v) is 3.33. The number of hydrogen-bond acceptors (Lipinski definition) is 2. The second kappa shape index (κ2) is 7.17. The smallest absolute Gasteiger partial charge is 0.303 e. The average Bonchev–Trinajstić information content (AvgIpc) is 2.41. The highest BCUT2D eigenvalue weighted by Gasteiger charge is 1.93. The quantitative estimate of drug-likeness (QED) is 0.860. The molecule has 1 aromatic carbocycles. The highest BCUT2D eigenvalue weighted by Crippen LogP contribution is 2.14. The number of benzene rings is 1. The van der Waals surface area contributed by atoms with E-state index in [9.17, 15) is 4.79 Å². The summed E-state index contributed by atoms with van der Waals surface area (Å²) in [6.45, 7) is 1.60. The van der Waals surface area contributed by atoms with Crippen molar-refractivity contribution in [3.8, 4) is 11.3 Å². The van der Waals surface area contributed by atoms with E-state index >= 15 is 0 Å². The van der Waals surface area contributed by atoms with Crippen molar-refractivity contribution in [3.63, 3.8) is 0 Å². The van der Waals surface area contributed by atoms with E-state index in [2.05, 4.69) is 17.1 Å². The number of nitrogens with zero attached hydrogens (tertiary/aromatic N) is 1. The van der Waals surface area contributed by atoms with Crippen molar-refractivity contribution in [2.75, 3.05) is 0 Å². The minimum absolute atomic E-state index is 0.222. The number of hydrogen-bond donors (Lipinski definition) is 1. The van der Waals surface area contributed by atoms with Crippen molar-refractivity contribution in [3.05, 3.63) is 54.7 Å². The predicted molar refractivity (Wildman–Crippen MR) is 67.6 cm³/mol. The molecular weight excluding hydrogens is 214 g/mol. The highest BCUT2D eigenvalue weighted by molar-refractivity contribution is 5.66. The molecule has 17 heavy (non-hydrogen) atoms. The van der Waals surface area contributed by atoms with Crippen LogP contribution in [0.3, 0.4) is 0 Å². The van der Waals surface area contributed by atoms with Crippen LogP contribution in [0.5, 0.6) is 0 Å². The molecule has 0 aliphatic heterocycles. The second-order valence-electron chi connectivity index (χ2n) is 3.33. The summed E-state index contributed by atoms with van der Waals surface area (Å²) in [7, 11) is 0. The fourth-order valence-electron chi connectivity index (χ4n) is 1.14. The Balaban J connectivity index is 0.000000249. The molecule has 0 saturated carbocycles. The van der Waals surface area contributed by atoms with Crippen molar-refractivity contribution in [1.29, 1.82) is 0 Å². The highest BCUT2D eigenvalue weighted by atomic mass is 16.4. The van der Waals surface area contributed by atoms with Crippen LogP contribution in [0.2, 0.25) is 0 Å². The van der Waals surface area contributed by atoms with E-state index in [1.54, 1.807) is 6.92 Å².